The van der Waals surface area contributed by atoms with Gasteiger partial charge < -0.3 is 5.32 Å². The van der Waals surface area contributed by atoms with Crippen molar-refractivity contribution in [1.82, 2.24) is 4.98 Å². The fourth-order valence-corrected chi connectivity index (χ4v) is 2.76. The lowest BCUT2D eigenvalue weighted by atomic mass is 10.2. The smallest absolute Gasteiger partial charge is 0.248 e. The molecule has 1 N–H and O–H groups in total. The lowest BCUT2D eigenvalue weighted by molar-refractivity contribution is -0.111. The molecule has 126 valence electrons. The fourth-order valence-electron chi connectivity index (χ4n) is 1.96. The zero-order chi connectivity index (χ0) is 17.7. The van der Waals surface area contributed by atoms with Crippen LogP contribution in [0.3, 0.4) is 0 Å². The molecule has 7 heteroatoms. The van der Waals surface area contributed by atoms with Gasteiger partial charge in [-0.1, -0.05) is 12.1 Å². The molecule has 0 aliphatic rings. The maximum absolute atomic E-state index is 13.9. The number of aromatic nitrogens is 1. The van der Waals surface area contributed by atoms with E-state index < -0.39 is 21.6 Å². The Kier molecular flexibility index (Phi) is 5.46. The largest absolute Gasteiger partial charge is 0.322 e. The maximum atomic E-state index is 13.9. The number of amides is 1. The Bertz CT molecular complexity index is 875. The lowest BCUT2D eigenvalue weighted by Gasteiger charge is -2.06. The van der Waals surface area contributed by atoms with Gasteiger partial charge in [-0.25, -0.2) is 12.8 Å². The summed E-state index contributed by atoms with van der Waals surface area (Å²) < 4.78 is 36.3. The summed E-state index contributed by atoms with van der Waals surface area (Å²) in [5.41, 5.74) is 1.96. The number of pyridine rings is 1. The van der Waals surface area contributed by atoms with Gasteiger partial charge in [-0.3, -0.25) is 9.78 Å². The Balaban J connectivity index is 2.04. The van der Waals surface area contributed by atoms with Crippen molar-refractivity contribution < 1.29 is 17.6 Å². The number of halogens is 1. The Hall–Kier alpha value is -2.54. The van der Waals surface area contributed by atoms with Crippen LogP contribution in [0.15, 0.2) is 42.6 Å². The number of hydrogen-bond donors (Lipinski definition) is 1. The lowest BCUT2D eigenvalue weighted by Crippen LogP contribution is -2.09. The van der Waals surface area contributed by atoms with Gasteiger partial charge >= 0.3 is 0 Å². The highest BCUT2D eigenvalue weighted by Crippen LogP contribution is 2.17. The number of nitrogens with one attached hydrogen (secondary N) is 1. The van der Waals surface area contributed by atoms with E-state index in [0.717, 1.165) is 23.6 Å². The predicted molar refractivity (Wildman–Crippen MR) is 91.6 cm³/mol. The third-order valence-corrected chi connectivity index (χ3v) is 3.94. The van der Waals surface area contributed by atoms with Crippen molar-refractivity contribution in [2.45, 2.75) is 12.7 Å². The number of hydrogen-bond acceptors (Lipinski definition) is 4. The normalized spacial score (nSPS) is 11.6. The van der Waals surface area contributed by atoms with Crippen molar-refractivity contribution in [3.05, 3.63) is 65.2 Å². The van der Waals surface area contributed by atoms with Crippen LogP contribution in [0.2, 0.25) is 0 Å². The highest BCUT2D eigenvalue weighted by Gasteiger charge is 2.10. The second kappa shape index (κ2) is 7.35. The Morgan fingerprint density at radius 1 is 1.29 bits per heavy atom. The van der Waals surface area contributed by atoms with E-state index in [4.69, 9.17) is 0 Å². The van der Waals surface area contributed by atoms with E-state index in [1.807, 2.05) is 19.1 Å². The van der Waals surface area contributed by atoms with Crippen molar-refractivity contribution in [1.29, 1.82) is 0 Å². The third-order valence-electron chi connectivity index (χ3n) is 3.10. The van der Waals surface area contributed by atoms with E-state index in [-0.39, 0.29) is 17.0 Å². The first kappa shape index (κ1) is 17.8. The van der Waals surface area contributed by atoms with E-state index in [1.54, 1.807) is 12.3 Å². The number of carbonyl (C=O) groups excluding carboxylic acids is 1. The molecule has 1 aromatic heterocycles. The molecule has 0 saturated heterocycles. The minimum Gasteiger partial charge on any atom is -0.322 e. The molecular weight excluding hydrogens is 331 g/mol. The van der Waals surface area contributed by atoms with Gasteiger partial charge in [0.1, 0.15) is 5.82 Å². The van der Waals surface area contributed by atoms with Crippen molar-refractivity contribution in [3.63, 3.8) is 0 Å². The molecule has 0 aliphatic heterocycles. The van der Waals surface area contributed by atoms with Crippen LogP contribution in [0.25, 0.3) is 6.08 Å². The van der Waals surface area contributed by atoms with Crippen LogP contribution < -0.4 is 5.32 Å². The first-order valence-corrected chi connectivity index (χ1v) is 9.17. The highest BCUT2D eigenvalue weighted by molar-refractivity contribution is 7.89. The van der Waals surface area contributed by atoms with Gasteiger partial charge in [0.15, 0.2) is 9.84 Å². The van der Waals surface area contributed by atoms with Crippen molar-refractivity contribution in [2.24, 2.45) is 0 Å². The molecule has 0 aliphatic carbocycles. The average Bonchev–Trinajstić information content (AvgIpc) is 2.48. The van der Waals surface area contributed by atoms with Crippen LogP contribution in [0.4, 0.5) is 10.1 Å². The molecule has 0 radical (unpaired) electrons. The zero-order valence-corrected chi connectivity index (χ0v) is 14.1. The molecule has 0 atom stereocenters. The van der Waals surface area contributed by atoms with Crippen molar-refractivity contribution in [3.8, 4) is 0 Å². The first-order chi connectivity index (χ1) is 11.2. The van der Waals surface area contributed by atoms with E-state index >= 15 is 0 Å². The minimum atomic E-state index is -3.32. The van der Waals surface area contributed by atoms with Gasteiger partial charge in [-0.2, -0.15) is 0 Å². The quantitative estimate of drug-likeness (QED) is 0.843. The molecule has 2 aromatic rings. The number of nitrogens with zero attached hydrogens (tertiary/aromatic N) is 1. The Morgan fingerprint density at radius 3 is 2.62 bits per heavy atom. The number of benzene rings is 1. The van der Waals surface area contributed by atoms with Crippen LogP contribution in [0.5, 0.6) is 0 Å². The Morgan fingerprint density at radius 2 is 2.04 bits per heavy atom. The van der Waals surface area contributed by atoms with E-state index in [0.29, 0.717) is 0 Å². The number of aryl methyl sites for hydroxylation is 1. The van der Waals surface area contributed by atoms with E-state index in [9.17, 15) is 17.6 Å². The third kappa shape index (κ3) is 5.58. The monoisotopic (exact) mass is 348 g/mol. The summed E-state index contributed by atoms with van der Waals surface area (Å²) in [6.45, 7) is 1.86. The van der Waals surface area contributed by atoms with E-state index in [1.165, 1.54) is 18.2 Å². The van der Waals surface area contributed by atoms with Gasteiger partial charge in [0.2, 0.25) is 5.91 Å². The standard InChI is InChI=1S/C17H17FN2O3S/c1-12-3-4-13(10-19-12)5-8-17(21)20-15-7-6-14(16(18)9-15)11-24(2,22)23/h3-10H,11H2,1-2H3,(H,20,21)/b8-5+. The van der Waals surface area contributed by atoms with Crippen LogP contribution in [-0.2, 0) is 20.4 Å². The predicted octanol–water partition coefficient (Wildman–Crippen LogP) is 2.73. The number of carbonyl (C=O) groups is 1. The SMILES string of the molecule is Cc1ccc(/C=C/C(=O)Nc2ccc(CS(C)(=O)=O)c(F)c2)cn1. The second-order valence-corrected chi connectivity index (χ2v) is 7.57. The number of rotatable bonds is 5. The van der Waals surface area contributed by atoms with E-state index in [2.05, 4.69) is 10.3 Å². The summed E-state index contributed by atoms with van der Waals surface area (Å²) in [6, 6.07) is 7.56. The summed E-state index contributed by atoms with van der Waals surface area (Å²) >= 11 is 0. The minimum absolute atomic E-state index is 0.0665. The molecule has 24 heavy (non-hydrogen) atoms. The first-order valence-electron chi connectivity index (χ1n) is 7.11. The van der Waals surface area contributed by atoms with Crippen molar-refractivity contribution in [2.75, 3.05) is 11.6 Å². The highest BCUT2D eigenvalue weighted by atomic mass is 32.2. The van der Waals surface area contributed by atoms with Gasteiger partial charge in [-0.05, 0) is 36.8 Å². The molecule has 0 spiro atoms. The van der Waals surface area contributed by atoms with Gasteiger partial charge in [-0.15, -0.1) is 0 Å². The van der Waals surface area contributed by atoms with Gasteiger partial charge in [0.25, 0.3) is 0 Å². The Labute approximate surface area is 140 Å². The van der Waals surface area contributed by atoms with Crippen molar-refractivity contribution >= 4 is 27.5 Å². The fraction of sp³-hybridized carbons (Fsp3) is 0.176. The molecule has 1 aromatic carbocycles. The molecule has 0 bridgehead atoms. The van der Waals surface area contributed by atoms with Crippen LogP contribution >= 0.6 is 0 Å². The summed E-state index contributed by atoms with van der Waals surface area (Å²) in [5.74, 6) is -1.48. The summed E-state index contributed by atoms with van der Waals surface area (Å²) in [5, 5.41) is 2.52. The molecule has 2 rings (SSSR count). The number of sulfone groups is 1. The molecule has 1 amide bonds. The topological polar surface area (TPSA) is 76.1 Å². The average molecular weight is 348 g/mol. The van der Waals surface area contributed by atoms with Gasteiger partial charge in [0, 0.05) is 35.5 Å². The molecular formula is C17H17FN2O3S. The molecule has 1 heterocycles. The molecule has 5 nitrogen and oxygen atoms in total. The van der Waals surface area contributed by atoms with Crippen LogP contribution in [0.1, 0.15) is 16.8 Å². The zero-order valence-electron chi connectivity index (χ0n) is 13.3. The number of anilines is 1. The van der Waals surface area contributed by atoms with Crippen LogP contribution in [-0.4, -0.2) is 25.6 Å². The summed E-state index contributed by atoms with van der Waals surface area (Å²) in [4.78, 5) is 16.0. The second-order valence-electron chi connectivity index (χ2n) is 5.43. The molecule has 0 fully saturated rings. The van der Waals surface area contributed by atoms with Crippen LogP contribution in [0, 0.1) is 12.7 Å². The maximum Gasteiger partial charge on any atom is 0.248 e. The van der Waals surface area contributed by atoms with Gasteiger partial charge in [0.05, 0.1) is 5.75 Å². The summed E-state index contributed by atoms with van der Waals surface area (Å²) in [7, 11) is -3.32. The molecule has 0 unspecified atom stereocenters. The molecule has 0 saturated carbocycles. The summed E-state index contributed by atoms with van der Waals surface area (Å²) in [6.07, 6.45) is 5.58.